The summed E-state index contributed by atoms with van der Waals surface area (Å²) in [7, 11) is 0. The van der Waals surface area contributed by atoms with Crippen LogP contribution in [0.15, 0.2) is 41.3 Å². The fourth-order valence-electron chi connectivity index (χ4n) is 3.13. The molecule has 0 aliphatic heterocycles. The van der Waals surface area contributed by atoms with Gasteiger partial charge in [-0.2, -0.15) is 0 Å². The Hall–Kier alpha value is -2.76. The first-order valence-electron chi connectivity index (χ1n) is 9.19. The topological polar surface area (TPSA) is 38.1 Å². The van der Waals surface area contributed by atoms with Gasteiger partial charge in [0.2, 0.25) is 0 Å². The van der Waals surface area contributed by atoms with Gasteiger partial charge in [0.15, 0.2) is 22.7 Å². The zero-order chi connectivity index (χ0) is 19.6. The Kier molecular flexibility index (Phi) is 5.54. The number of halogens is 2. The molecular weight excluding hydrogens is 348 g/mol. The van der Waals surface area contributed by atoms with Crippen LogP contribution in [0.3, 0.4) is 0 Å². The molecule has 142 valence electrons. The largest absolute Gasteiger partial charge is 0.354 e. The van der Waals surface area contributed by atoms with Crippen molar-refractivity contribution in [1.29, 1.82) is 0 Å². The van der Waals surface area contributed by atoms with E-state index in [1.54, 1.807) is 29.8 Å². The molecule has 0 aliphatic rings. The number of aromatic nitrogens is 2. The molecule has 3 rings (SSSR count). The van der Waals surface area contributed by atoms with Crippen LogP contribution >= 0.6 is 0 Å². The Morgan fingerprint density at radius 1 is 1.15 bits per heavy atom. The maximum Gasteiger partial charge on any atom is 0.194 e. The molecule has 0 spiro atoms. The average molecular weight is 371 g/mol. The average Bonchev–Trinajstić information content (AvgIpc) is 2.66. The fraction of sp³-hybridized carbons (Fsp3) is 0.333. The molecule has 0 bridgehead atoms. The first kappa shape index (κ1) is 19.0. The number of unbranched alkanes of at least 4 members (excludes halogenated alkanes) is 1. The van der Waals surface area contributed by atoms with Crippen molar-refractivity contribution in [2.45, 2.75) is 33.6 Å². The van der Waals surface area contributed by atoms with Crippen molar-refractivity contribution >= 4 is 16.9 Å². The van der Waals surface area contributed by atoms with E-state index in [9.17, 15) is 13.6 Å². The highest BCUT2D eigenvalue weighted by atomic mass is 19.1. The second-order valence-corrected chi connectivity index (χ2v) is 6.59. The van der Waals surface area contributed by atoms with Crippen molar-refractivity contribution in [3.63, 3.8) is 0 Å². The number of hydrogen-bond acceptors (Lipinski definition) is 3. The molecule has 0 atom stereocenters. The molecule has 4 nitrogen and oxygen atoms in total. The quantitative estimate of drug-likeness (QED) is 0.636. The van der Waals surface area contributed by atoms with Gasteiger partial charge in [-0.25, -0.2) is 13.8 Å². The van der Waals surface area contributed by atoms with Crippen LogP contribution in [0.4, 0.5) is 14.6 Å². The summed E-state index contributed by atoms with van der Waals surface area (Å²) in [6.07, 6.45) is 3.58. The van der Waals surface area contributed by atoms with Gasteiger partial charge in [0, 0.05) is 30.5 Å². The van der Waals surface area contributed by atoms with Crippen LogP contribution in [-0.2, 0) is 0 Å². The van der Waals surface area contributed by atoms with Crippen LogP contribution in [-0.4, -0.2) is 22.6 Å². The molecule has 2 heterocycles. The molecule has 0 N–H and O–H groups in total. The number of fused-ring (bicyclic) bond motifs is 1. The third-order valence-electron chi connectivity index (χ3n) is 4.66. The lowest BCUT2D eigenvalue weighted by atomic mass is 10.2. The molecule has 0 aliphatic carbocycles. The monoisotopic (exact) mass is 371 g/mol. The van der Waals surface area contributed by atoms with E-state index in [1.165, 1.54) is 18.2 Å². The summed E-state index contributed by atoms with van der Waals surface area (Å²) >= 11 is 0. The van der Waals surface area contributed by atoms with Crippen molar-refractivity contribution in [2.75, 3.05) is 18.0 Å². The van der Waals surface area contributed by atoms with Crippen LogP contribution in [0.1, 0.15) is 32.3 Å². The number of anilines is 1. The molecule has 0 unspecified atom stereocenters. The van der Waals surface area contributed by atoms with E-state index in [1.807, 2.05) is 11.8 Å². The molecule has 0 amide bonds. The van der Waals surface area contributed by atoms with Gasteiger partial charge in [-0.05, 0) is 50.6 Å². The van der Waals surface area contributed by atoms with Crippen molar-refractivity contribution in [2.24, 2.45) is 0 Å². The minimum atomic E-state index is -0.506. The van der Waals surface area contributed by atoms with Gasteiger partial charge in [-0.3, -0.25) is 4.79 Å². The van der Waals surface area contributed by atoms with E-state index in [4.69, 9.17) is 0 Å². The van der Waals surface area contributed by atoms with E-state index in [-0.39, 0.29) is 22.5 Å². The van der Waals surface area contributed by atoms with Gasteiger partial charge < -0.3 is 9.47 Å². The highest BCUT2D eigenvalue weighted by Crippen LogP contribution is 2.24. The normalized spacial score (nSPS) is 11.1. The molecule has 0 radical (unpaired) electrons. The molecule has 0 saturated heterocycles. The minimum Gasteiger partial charge on any atom is -0.354 e. The second-order valence-electron chi connectivity index (χ2n) is 6.59. The molecule has 1 aromatic carbocycles. The molecular formula is C21H23F2N3O. The molecule has 2 aromatic heterocycles. The molecule has 27 heavy (non-hydrogen) atoms. The van der Waals surface area contributed by atoms with Gasteiger partial charge in [0.1, 0.15) is 5.82 Å². The Morgan fingerprint density at radius 3 is 2.48 bits per heavy atom. The first-order valence-corrected chi connectivity index (χ1v) is 9.19. The van der Waals surface area contributed by atoms with E-state index in [0.717, 1.165) is 12.8 Å². The number of benzene rings is 1. The zero-order valence-electron chi connectivity index (χ0n) is 15.8. The highest BCUT2D eigenvalue weighted by molar-refractivity contribution is 5.79. The van der Waals surface area contributed by atoms with E-state index in [2.05, 4.69) is 11.9 Å². The number of rotatable bonds is 6. The van der Waals surface area contributed by atoms with E-state index >= 15 is 0 Å². The number of aryl methyl sites for hydroxylation is 1. The Bertz CT molecular complexity index is 1010. The lowest BCUT2D eigenvalue weighted by Crippen LogP contribution is -2.26. The zero-order valence-corrected chi connectivity index (χ0v) is 15.8. The summed E-state index contributed by atoms with van der Waals surface area (Å²) in [5, 5.41) is 0.215. The first-order chi connectivity index (χ1) is 13.0. The third-order valence-corrected chi connectivity index (χ3v) is 4.66. The van der Waals surface area contributed by atoms with Crippen molar-refractivity contribution in [1.82, 2.24) is 9.55 Å². The van der Waals surface area contributed by atoms with Crippen molar-refractivity contribution < 1.29 is 8.78 Å². The molecule has 6 heteroatoms. The summed E-state index contributed by atoms with van der Waals surface area (Å²) < 4.78 is 29.8. The van der Waals surface area contributed by atoms with E-state index < -0.39 is 5.82 Å². The van der Waals surface area contributed by atoms with Crippen molar-refractivity contribution in [3.8, 4) is 5.69 Å². The maximum absolute atomic E-state index is 14.8. The summed E-state index contributed by atoms with van der Waals surface area (Å²) in [5.74, 6) is -0.622. The SMILES string of the molecule is CCCCN(CC)c1nc2c(cc1F)c(=O)c(C)cn2-c1ccc(F)cc1. The lowest BCUT2D eigenvalue weighted by Gasteiger charge is -2.23. The maximum atomic E-state index is 14.8. The van der Waals surface area contributed by atoms with Crippen LogP contribution < -0.4 is 10.3 Å². The summed E-state index contributed by atoms with van der Waals surface area (Å²) in [4.78, 5) is 18.9. The molecule has 3 aromatic rings. The lowest BCUT2D eigenvalue weighted by molar-refractivity contribution is 0.607. The van der Waals surface area contributed by atoms with Gasteiger partial charge in [0.25, 0.3) is 0 Å². The summed E-state index contributed by atoms with van der Waals surface area (Å²) in [5.41, 5.74) is 1.24. The highest BCUT2D eigenvalue weighted by Gasteiger charge is 2.17. The summed E-state index contributed by atoms with van der Waals surface area (Å²) in [6.45, 7) is 7.00. The summed E-state index contributed by atoms with van der Waals surface area (Å²) in [6, 6.07) is 7.18. The van der Waals surface area contributed by atoms with Gasteiger partial charge in [-0.15, -0.1) is 0 Å². The van der Waals surface area contributed by atoms with Crippen LogP contribution in [0.2, 0.25) is 0 Å². The third kappa shape index (κ3) is 3.70. The standard InChI is InChI=1S/C21H23F2N3O/c1-4-6-11-25(5-2)21-18(23)12-17-19(27)14(3)13-26(20(17)24-21)16-9-7-15(22)8-10-16/h7-10,12-13H,4-6,11H2,1-3H3. The van der Waals surface area contributed by atoms with Crippen LogP contribution in [0, 0.1) is 18.6 Å². The van der Waals surface area contributed by atoms with Crippen LogP contribution in [0.5, 0.6) is 0 Å². The Balaban J connectivity index is 2.26. The van der Waals surface area contributed by atoms with Gasteiger partial charge >= 0.3 is 0 Å². The second kappa shape index (κ2) is 7.86. The van der Waals surface area contributed by atoms with Crippen molar-refractivity contribution in [3.05, 3.63) is 63.9 Å². The predicted octanol–water partition coefficient (Wildman–Crippen LogP) is 4.60. The molecule has 0 fully saturated rings. The number of pyridine rings is 2. The van der Waals surface area contributed by atoms with Crippen LogP contribution in [0.25, 0.3) is 16.7 Å². The predicted molar refractivity (Wildman–Crippen MR) is 105 cm³/mol. The Morgan fingerprint density at radius 2 is 1.85 bits per heavy atom. The van der Waals surface area contributed by atoms with Gasteiger partial charge in [-0.1, -0.05) is 13.3 Å². The fourth-order valence-corrected chi connectivity index (χ4v) is 3.13. The van der Waals surface area contributed by atoms with E-state index in [0.29, 0.717) is 30.0 Å². The smallest absolute Gasteiger partial charge is 0.194 e. The number of nitrogens with zero attached hydrogens (tertiary/aromatic N) is 3. The minimum absolute atomic E-state index is 0.215. The van der Waals surface area contributed by atoms with Gasteiger partial charge in [0.05, 0.1) is 5.39 Å². The molecule has 0 saturated carbocycles. The number of hydrogen-bond donors (Lipinski definition) is 0. The Labute approximate surface area is 157 Å².